The molecule has 0 atom stereocenters. The van der Waals surface area contributed by atoms with Gasteiger partial charge in [0.1, 0.15) is 11.6 Å². The third-order valence-electron chi connectivity index (χ3n) is 3.13. The molecule has 2 aromatic heterocycles. The lowest BCUT2D eigenvalue weighted by Gasteiger charge is -2.10. The predicted molar refractivity (Wildman–Crippen MR) is 88.0 cm³/mol. The Hall–Kier alpha value is -3.02. The number of benzene rings is 1. The van der Waals surface area contributed by atoms with Gasteiger partial charge in [-0.25, -0.2) is 9.37 Å². The maximum absolute atomic E-state index is 12.9. The van der Waals surface area contributed by atoms with Gasteiger partial charge in [0.05, 0.1) is 12.2 Å². The third kappa shape index (κ3) is 4.23. The zero-order valence-electron chi connectivity index (χ0n) is 12.6. The number of hydrogen-bond donors (Lipinski definition) is 2. The van der Waals surface area contributed by atoms with Crippen LogP contribution in [-0.4, -0.2) is 15.0 Å². The molecule has 0 aliphatic carbocycles. The summed E-state index contributed by atoms with van der Waals surface area (Å²) < 4.78 is 12.9. The number of anilines is 3. The maximum Gasteiger partial charge on any atom is 0.229 e. The fraction of sp³-hybridized carbons (Fsp3) is 0.118. The monoisotopic (exact) mass is 309 g/mol. The molecule has 6 heteroatoms. The van der Waals surface area contributed by atoms with Crippen LogP contribution in [0.2, 0.25) is 0 Å². The van der Waals surface area contributed by atoms with Gasteiger partial charge in [-0.15, -0.1) is 0 Å². The van der Waals surface area contributed by atoms with Crippen molar-refractivity contribution in [2.24, 2.45) is 0 Å². The summed E-state index contributed by atoms with van der Waals surface area (Å²) in [6.45, 7) is 2.47. The lowest BCUT2D eigenvalue weighted by Crippen LogP contribution is -2.06. The van der Waals surface area contributed by atoms with Crippen molar-refractivity contribution >= 4 is 17.5 Å². The van der Waals surface area contributed by atoms with Crippen LogP contribution in [0.15, 0.2) is 54.7 Å². The second-order valence-corrected chi connectivity index (χ2v) is 5.02. The number of pyridine rings is 1. The van der Waals surface area contributed by atoms with Gasteiger partial charge in [-0.1, -0.05) is 6.07 Å². The van der Waals surface area contributed by atoms with Crippen molar-refractivity contribution in [3.63, 3.8) is 0 Å². The Kier molecular flexibility index (Phi) is 4.42. The summed E-state index contributed by atoms with van der Waals surface area (Å²) in [6, 6.07) is 13.7. The molecule has 0 radical (unpaired) electrons. The summed E-state index contributed by atoms with van der Waals surface area (Å²) in [5, 5.41) is 6.29. The Morgan fingerprint density at radius 2 is 1.87 bits per heavy atom. The van der Waals surface area contributed by atoms with Gasteiger partial charge in [-0.2, -0.15) is 4.98 Å². The molecule has 5 nitrogen and oxygen atoms in total. The van der Waals surface area contributed by atoms with Crippen molar-refractivity contribution in [3.05, 3.63) is 71.9 Å². The van der Waals surface area contributed by atoms with Crippen LogP contribution in [0, 0.1) is 12.7 Å². The van der Waals surface area contributed by atoms with E-state index >= 15 is 0 Å². The number of hydrogen-bond acceptors (Lipinski definition) is 5. The van der Waals surface area contributed by atoms with E-state index in [4.69, 9.17) is 0 Å². The number of nitrogens with zero attached hydrogens (tertiary/aromatic N) is 3. The molecule has 23 heavy (non-hydrogen) atoms. The molecule has 3 rings (SSSR count). The van der Waals surface area contributed by atoms with Crippen molar-refractivity contribution in [2.75, 3.05) is 10.6 Å². The third-order valence-corrected chi connectivity index (χ3v) is 3.13. The molecule has 0 bridgehead atoms. The summed E-state index contributed by atoms with van der Waals surface area (Å²) in [5.74, 6) is 0.881. The lowest BCUT2D eigenvalue weighted by atomic mass is 10.3. The summed E-state index contributed by atoms with van der Waals surface area (Å²) in [5.41, 5.74) is 2.48. The van der Waals surface area contributed by atoms with E-state index in [0.717, 1.165) is 17.1 Å². The van der Waals surface area contributed by atoms with Gasteiger partial charge in [-0.3, -0.25) is 4.98 Å². The normalized spacial score (nSPS) is 10.3. The SMILES string of the molecule is Cc1cc(NCc2ccccn2)nc(Nc2ccc(F)cc2)n1. The molecule has 0 saturated heterocycles. The molecule has 0 aliphatic heterocycles. The highest BCUT2D eigenvalue weighted by molar-refractivity contribution is 5.55. The molecular weight excluding hydrogens is 293 g/mol. The Balaban J connectivity index is 1.72. The summed E-state index contributed by atoms with van der Waals surface area (Å²) >= 11 is 0. The van der Waals surface area contributed by atoms with E-state index in [2.05, 4.69) is 25.6 Å². The highest BCUT2D eigenvalue weighted by Gasteiger charge is 2.03. The molecule has 0 amide bonds. The minimum atomic E-state index is -0.279. The molecular formula is C17H16FN5. The molecule has 116 valence electrons. The van der Waals surface area contributed by atoms with E-state index in [9.17, 15) is 4.39 Å². The van der Waals surface area contributed by atoms with Crippen molar-refractivity contribution < 1.29 is 4.39 Å². The molecule has 1 aromatic carbocycles. The summed E-state index contributed by atoms with van der Waals surface area (Å²) in [6.07, 6.45) is 1.75. The van der Waals surface area contributed by atoms with Crippen molar-refractivity contribution in [1.82, 2.24) is 15.0 Å². The second kappa shape index (κ2) is 6.83. The molecule has 0 aliphatic rings. The van der Waals surface area contributed by atoms with E-state index in [1.54, 1.807) is 18.3 Å². The largest absolute Gasteiger partial charge is 0.364 e. The van der Waals surface area contributed by atoms with Crippen LogP contribution in [0.1, 0.15) is 11.4 Å². The van der Waals surface area contributed by atoms with E-state index in [0.29, 0.717) is 18.3 Å². The van der Waals surface area contributed by atoms with Crippen LogP contribution in [0.25, 0.3) is 0 Å². The van der Waals surface area contributed by atoms with Crippen LogP contribution in [0.4, 0.5) is 21.8 Å². The molecule has 0 saturated carbocycles. The van der Waals surface area contributed by atoms with Gasteiger partial charge in [-0.05, 0) is 43.3 Å². The van der Waals surface area contributed by atoms with Gasteiger partial charge in [0.15, 0.2) is 0 Å². The maximum atomic E-state index is 12.9. The fourth-order valence-electron chi connectivity index (χ4n) is 2.06. The summed E-state index contributed by atoms with van der Waals surface area (Å²) in [4.78, 5) is 13.0. The van der Waals surface area contributed by atoms with E-state index < -0.39 is 0 Å². The van der Waals surface area contributed by atoms with E-state index in [-0.39, 0.29) is 5.82 Å². The van der Waals surface area contributed by atoms with Crippen molar-refractivity contribution in [1.29, 1.82) is 0 Å². The Labute approximate surface area is 133 Å². The average Bonchev–Trinajstić information content (AvgIpc) is 2.56. The minimum Gasteiger partial charge on any atom is -0.364 e. The quantitative estimate of drug-likeness (QED) is 0.753. The van der Waals surface area contributed by atoms with Gasteiger partial charge < -0.3 is 10.6 Å². The summed E-state index contributed by atoms with van der Waals surface area (Å²) in [7, 11) is 0. The Bertz CT molecular complexity index is 775. The van der Waals surface area contributed by atoms with Gasteiger partial charge in [0.2, 0.25) is 5.95 Å². The number of nitrogens with one attached hydrogen (secondary N) is 2. The smallest absolute Gasteiger partial charge is 0.229 e. The van der Waals surface area contributed by atoms with Gasteiger partial charge in [0, 0.05) is 23.6 Å². The first-order valence-electron chi connectivity index (χ1n) is 7.21. The van der Waals surface area contributed by atoms with Crippen molar-refractivity contribution in [2.45, 2.75) is 13.5 Å². The van der Waals surface area contributed by atoms with Crippen LogP contribution in [0.3, 0.4) is 0 Å². The van der Waals surface area contributed by atoms with Crippen LogP contribution in [0.5, 0.6) is 0 Å². The van der Waals surface area contributed by atoms with Crippen LogP contribution < -0.4 is 10.6 Å². The number of aromatic nitrogens is 3. The topological polar surface area (TPSA) is 62.7 Å². The second-order valence-electron chi connectivity index (χ2n) is 5.02. The molecule has 0 fully saturated rings. The number of rotatable bonds is 5. The molecule has 2 heterocycles. The highest BCUT2D eigenvalue weighted by atomic mass is 19.1. The minimum absolute atomic E-state index is 0.279. The van der Waals surface area contributed by atoms with Gasteiger partial charge >= 0.3 is 0 Å². The zero-order valence-corrected chi connectivity index (χ0v) is 12.6. The standard InChI is InChI=1S/C17H16FN5/c1-12-10-16(20-11-15-4-2-3-9-19-15)23-17(21-12)22-14-7-5-13(18)6-8-14/h2-10H,11H2,1H3,(H2,20,21,22,23). The van der Waals surface area contributed by atoms with Crippen LogP contribution >= 0.6 is 0 Å². The fourth-order valence-corrected chi connectivity index (χ4v) is 2.06. The highest BCUT2D eigenvalue weighted by Crippen LogP contribution is 2.16. The van der Waals surface area contributed by atoms with E-state index in [1.807, 2.05) is 31.2 Å². The van der Waals surface area contributed by atoms with E-state index in [1.165, 1.54) is 12.1 Å². The first-order valence-corrected chi connectivity index (χ1v) is 7.21. The van der Waals surface area contributed by atoms with Gasteiger partial charge in [0.25, 0.3) is 0 Å². The first-order chi connectivity index (χ1) is 11.2. The first kappa shape index (κ1) is 14.9. The number of aryl methyl sites for hydroxylation is 1. The lowest BCUT2D eigenvalue weighted by molar-refractivity contribution is 0.628. The molecule has 0 spiro atoms. The molecule has 0 unspecified atom stereocenters. The van der Waals surface area contributed by atoms with Crippen LogP contribution in [-0.2, 0) is 6.54 Å². The Morgan fingerprint density at radius 1 is 1.04 bits per heavy atom. The number of halogens is 1. The van der Waals surface area contributed by atoms with Crippen molar-refractivity contribution in [3.8, 4) is 0 Å². The Morgan fingerprint density at radius 3 is 2.61 bits per heavy atom. The molecule has 2 N–H and O–H groups in total. The predicted octanol–water partition coefficient (Wildman–Crippen LogP) is 3.67. The molecule has 3 aromatic rings. The average molecular weight is 309 g/mol. The zero-order chi connectivity index (χ0) is 16.1.